The number of hydrogen-bond donors (Lipinski definition) is 0. The molecule has 3 aromatic carbocycles. The maximum absolute atomic E-state index is 11.3. The zero-order chi connectivity index (χ0) is 24.9. The number of unbranched alkanes of at least 4 members (excludes halogenated alkanes) is 7. The van der Waals surface area contributed by atoms with E-state index in [0.717, 1.165) is 35.5 Å². The molecule has 0 N–H and O–H groups in total. The molecule has 0 fully saturated rings. The standard InChI is InChI=1S/C32H40O3/c1-4-5-6-7-8-9-10-13-24-34-30-22-20-29(21-23-30)32-15-12-11-14-31(32)28-18-16-27(17-19-28)25(2)35-26(3)33/h11-12,14-23,25H,4-10,13,24H2,1-3H3. The maximum atomic E-state index is 11.3. The predicted molar refractivity (Wildman–Crippen MR) is 146 cm³/mol. The third kappa shape index (κ3) is 8.58. The Bertz CT molecular complexity index is 1020. The number of benzene rings is 3. The number of esters is 1. The van der Waals surface area contributed by atoms with Gasteiger partial charge in [0.05, 0.1) is 6.61 Å². The molecule has 3 heteroatoms. The first-order chi connectivity index (χ1) is 17.1. The monoisotopic (exact) mass is 472 g/mol. The van der Waals surface area contributed by atoms with Gasteiger partial charge in [-0.2, -0.15) is 0 Å². The Balaban J connectivity index is 1.56. The quantitative estimate of drug-likeness (QED) is 0.173. The third-order valence-corrected chi connectivity index (χ3v) is 6.39. The van der Waals surface area contributed by atoms with Crippen molar-refractivity contribution in [1.82, 2.24) is 0 Å². The van der Waals surface area contributed by atoms with Gasteiger partial charge in [0.25, 0.3) is 0 Å². The third-order valence-electron chi connectivity index (χ3n) is 6.39. The lowest BCUT2D eigenvalue weighted by Crippen LogP contribution is -2.04. The fourth-order valence-corrected chi connectivity index (χ4v) is 4.39. The topological polar surface area (TPSA) is 35.5 Å². The molecule has 3 rings (SSSR count). The molecule has 0 aliphatic heterocycles. The second-order valence-corrected chi connectivity index (χ2v) is 9.27. The highest BCUT2D eigenvalue weighted by Crippen LogP contribution is 2.33. The van der Waals surface area contributed by atoms with Crippen LogP contribution in [0.15, 0.2) is 72.8 Å². The first-order valence-electron chi connectivity index (χ1n) is 13.2. The minimum Gasteiger partial charge on any atom is -0.494 e. The number of rotatable bonds is 14. The average molecular weight is 473 g/mol. The van der Waals surface area contributed by atoms with Crippen LogP contribution >= 0.6 is 0 Å². The van der Waals surface area contributed by atoms with E-state index >= 15 is 0 Å². The molecular formula is C32H40O3. The van der Waals surface area contributed by atoms with E-state index in [4.69, 9.17) is 9.47 Å². The number of hydrogen-bond acceptors (Lipinski definition) is 3. The largest absolute Gasteiger partial charge is 0.494 e. The Morgan fingerprint density at radius 3 is 1.77 bits per heavy atom. The van der Waals surface area contributed by atoms with Crippen molar-refractivity contribution in [3.05, 3.63) is 78.4 Å². The van der Waals surface area contributed by atoms with E-state index in [1.807, 2.05) is 19.1 Å². The zero-order valence-corrected chi connectivity index (χ0v) is 21.6. The van der Waals surface area contributed by atoms with Crippen LogP contribution in [0.2, 0.25) is 0 Å². The molecule has 1 atom stereocenters. The van der Waals surface area contributed by atoms with Crippen molar-refractivity contribution in [2.75, 3.05) is 6.61 Å². The summed E-state index contributed by atoms with van der Waals surface area (Å²) in [7, 11) is 0. The Kier molecular flexibility index (Phi) is 10.9. The highest BCUT2D eigenvalue weighted by molar-refractivity contribution is 5.83. The molecule has 3 nitrogen and oxygen atoms in total. The summed E-state index contributed by atoms with van der Waals surface area (Å²) in [5.41, 5.74) is 5.64. The van der Waals surface area contributed by atoms with E-state index in [1.165, 1.54) is 63.0 Å². The molecule has 0 amide bonds. The van der Waals surface area contributed by atoms with Gasteiger partial charge in [0, 0.05) is 6.92 Å². The van der Waals surface area contributed by atoms with Crippen molar-refractivity contribution in [3.8, 4) is 28.0 Å². The van der Waals surface area contributed by atoms with Crippen molar-refractivity contribution in [1.29, 1.82) is 0 Å². The van der Waals surface area contributed by atoms with Crippen LogP contribution in [0.3, 0.4) is 0 Å². The number of carbonyl (C=O) groups excluding carboxylic acids is 1. The van der Waals surface area contributed by atoms with E-state index in [9.17, 15) is 4.79 Å². The van der Waals surface area contributed by atoms with Crippen molar-refractivity contribution in [2.24, 2.45) is 0 Å². The summed E-state index contributed by atoms with van der Waals surface area (Å²) in [6.07, 6.45) is 10.2. The maximum Gasteiger partial charge on any atom is 0.303 e. The lowest BCUT2D eigenvalue weighted by atomic mass is 9.94. The zero-order valence-electron chi connectivity index (χ0n) is 21.6. The summed E-state index contributed by atoms with van der Waals surface area (Å²) < 4.78 is 11.3. The fourth-order valence-electron chi connectivity index (χ4n) is 4.39. The molecule has 1 unspecified atom stereocenters. The van der Waals surface area contributed by atoms with Gasteiger partial charge < -0.3 is 9.47 Å². The minimum atomic E-state index is -0.267. The molecule has 0 radical (unpaired) electrons. The van der Waals surface area contributed by atoms with Crippen LogP contribution in [0, 0.1) is 0 Å². The van der Waals surface area contributed by atoms with E-state index in [0.29, 0.717) is 0 Å². The summed E-state index contributed by atoms with van der Waals surface area (Å²) >= 11 is 0. The van der Waals surface area contributed by atoms with Gasteiger partial charge in [-0.25, -0.2) is 0 Å². The van der Waals surface area contributed by atoms with Crippen LogP contribution in [-0.4, -0.2) is 12.6 Å². The molecule has 186 valence electrons. The molecule has 0 bridgehead atoms. The van der Waals surface area contributed by atoms with Gasteiger partial charge in [0.1, 0.15) is 11.9 Å². The summed E-state index contributed by atoms with van der Waals surface area (Å²) in [4.78, 5) is 11.3. The first kappa shape index (κ1) is 26.5. The van der Waals surface area contributed by atoms with Gasteiger partial charge in [0.2, 0.25) is 0 Å². The molecule has 0 saturated heterocycles. The highest BCUT2D eigenvalue weighted by atomic mass is 16.5. The first-order valence-corrected chi connectivity index (χ1v) is 13.2. The molecule has 35 heavy (non-hydrogen) atoms. The Hall–Kier alpha value is -3.07. The lowest BCUT2D eigenvalue weighted by molar-refractivity contribution is -0.145. The van der Waals surface area contributed by atoms with Gasteiger partial charge in [-0.1, -0.05) is 113 Å². The van der Waals surface area contributed by atoms with Crippen molar-refractivity contribution in [3.63, 3.8) is 0 Å². The van der Waals surface area contributed by atoms with Gasteiger partial charge >= 0.3 is 5.97 Å². The van der Waals surface area contributed by atoms with E-state index < -0.39 is 0 Å². The fraction of sp³-hybridized carbons (Fsp3) is 0.406. The van der Waals surface area contributed by atoms with Crippen LogP contribution < -0.4 is 4.74 Å². The Morgan fingerprint density at radius 2 is 1.23 bits per heavy atom. The molecule has 3 aromatic rings. The predicted octanol–water partition coefficient (Wildman–Crippen LogP) is 9.16. The van der Waals surface area contributed by atoms with Gasteiger partial charge in [-0.15, -0.1) is 0 Å². The summed E-state index contributed by atoms with van der Waals surface area (Å²) in [5, 5.41) is 0. The van der Waals surface area contributed by atoms with E-state index in [2.05, 4.69) is 67.6 Å². The van der Waals surface area contributed by atoms with Gasteiger partial charge in [0.15, 0.2) is 0 Å². The van der Waals surface area contributed by atoms with Crippen LogP contribution in [-0.2, 0) is 9.53 Å². The SMILES string of the molecule is CCCCCCCCCCOc1ccc(-c2ccccc2-c2ccc(C(C)OC(C)=O)cc2)cc1. The van der Waals surface area contributed by atoms with Crippen molar-refractivity contribution < 1.29 is 14.3 Å². The molecule has 0 aliphatic carbocycles. The van der Waals surface area contributed by atoms with Gasteiger partial charge in [-0.3, -0.25) is 4.79 Å². The number of carbonyl (C=O) groups is 1. The Morgan fingerprint density at radius 1 is 0.714 bits per heavy atom. The summed E-state index contributed by atoms with van der Waals surface area (Å²) in [6, 6.07) is 25.1. The minimum absolute atomic E-state index is 0.255. The van der Waals surface area contributed by atoms with Crippen molar-refractivity contribution in [2.45, 2.75) is 78.2 Å². The van der Waals surface area contributed by atoms with E-state index in [-0.39, 0.29) is 12.1 Å². The molecule has 0 aliphatic rings. The summed E-state index contributed by atoms with van der Waals surface area (Å²) in [5.74, 6) is 0.662. The van der Waals surface area contributed by atoms with E-state index in [1.54, 1.807) is 0 Å². The second kappa shape index (κ2) is 14.4. The average Bonchev–Trinajstić information content (AvgIpc) is 2.88. The molecule has 0 heterocycles. The van der Waals surface area contributed by atoms with Crippen molar-refractivity contribution >= 4 is 5.97 Å². The molecule has 0 saturated carbocycles. The van der Waals surface area contributed by atoms with Gasteiger partial charge in [-0.05, 0) is 53.3 Å². The Labute approximate surface area is 211 Å². The highest BCUT2D eigenvalue weighted by Gasteiger charge is 2.11. The van der Waals surface area contributed by atoms with Crippen LogP contribution in [0.5, 0.6) is 5.75 Å². The molecule has 0 aromatic heterocycles. The van der Waals surface area contributed by atoms with Crippen LogP contribution in [0.25, 0.3) is 22.3 Å². The lowest BCUT2D eigenvalue weighted by Gasteiger charge is -2.14. The normalized spacial score (nSPS) is 11.7. The smallest absolute Gasteiger partial charge is 0.303 e. The van der Waals surface area contributed by atoms with Crippen LogP contribution in [0.1, 0.15) is 83.8 Å². The second-order valence-electron chi connectivity index (χ2n) is 9.27. The van der Waals surface area contributed by atoms with Crippen LogP contribution in [0.4, 0.5) is 0 Å². The molecule has 0 spiro atoms. The number of ether oxygens (including phenoxy) is 2. The molecular weight excluding hydrogens is 432 g/mol. The summed E-state index contributed by atoms with van der Waals surface area (Å²) in [6.45, 7) is 6.37.